The minimum atomic E-state index is 0.0584. The minimum absolute atomic E-state index is 0.0584. The van der Waals surface area contributed by atoms with Gasteiger partial charge in [0.1, 0.15) is 0 Å². The number of tetrazole rings is 1. The van der Waals surface area contributed by atoms with Crippen LogP contribution in [0.5, 0.6) is 0 Å². The molecule has 0 saturated carbocycles. The molecule has 2 saturated heterocycles. The molecule has 2 aromatic rings. The van der Waals surface area contributed by atoms with Crippen molar-refractivity contribution >= 4 is 0 Å². The summed E-state index contributed by atoms with van der Waals surface area (Å²) in [5.74, 6) is 1.29. The molecule has 1 aromatic heterocycles. The summed E-state index contributed by atoms with van der Waals surface area (Å²) in [6.45, 7) is 5.87. The van der Waals surface area contributed by atoms with Crippen LogP contribution in [-0.4, -0.2) is 64.2 Å². The molecule has 7 heteroatoms. The van der Waals surface area contributed by atoms with Crippen molar-refractivity contribution < 1.29 is 9.47 Å². The highest BCUT2D eigenvalue weighted by Crippen LogP contribution is 2.25. The number of hydrogen-bond donors (Lipinski definition) is 0. The van der Waals surface area contributed by atoms with Gasteiger partial charge in [0.05, 0.1) is 19.8 Å². The molecule has 0 radical (unpaired) electrons. The van der Waals surface area contributed by atoms with Gasteiger partial charge in [0.15, 0.2) is 6.29 Å². The molecular weight excluding hydrogens is 342 g/mol. The Labute approximate surface area is 160 Å². The third kappa shape index (κ3) is 5.12. The second-order valence-corrected chi connectivity index (χ2v) is 7.42. The second kappa shape index (κ2) is 9.39. The Morgan fingerprint density at radius 2 is 1.67 bits per heavy atom. The third-order valence-electron chi connectivity index (χ3n) is 5.48. The number of nitrogens with zero attached hydrogens (tertiary/aromatic N) is 5. The predicted octanol–water partition coefficient (Wildman–Crippen LogP) is 2.60. The van der Waals surface area contributed by atoms with Gasteiger partial charge in [0.25, 0.3) is 0 Å². The maximum atomic E-state index is 5.65. The fraction of sp³-hybridized carbons (Fsp3) is 0.650. The van der Waals surface area contributed by atoms with E-state index >= 15 is 0 Å². The summed E-state index contributed by atoms with van der Waals surface area (Å²) in [5.41, 5.74) is 1.01. The number of aromatic nitrogens is 4. The molecular formula is C20H29N5O2. The van der Waals surface area contributed by atoms with Gasteiger partial charge in [-0.05, 0) is 50.5 Å². The number of piperidine rings is 1. The van der Waals surface area contributed by atoms with E-state index in [0.717, 1.165) is 31.7 Å². The van der Waals surface area contributed by atoms with Gasteiger partial charge in [0.2, 0.25) is 5.82 Å². The van der Waals surface area contributed by atoms with Crippen LogP contribution in [-0.2, 0) is 16.0 Å². The Morgan fingerprint density at radius 1 is 0.926 bits per heavy atom. The summed E-state index contributed by atoms with van der Waals surface area (Å²) >= 11 is 0. The van der Waals surface area contributed by atoms with Gasteiger partial charge in [-0.25, -0.2) is 0 Å². The van der Waals surface area contributed by atoms with Crippen molar-refractivity contribution in [2.45, 2.75) is 44.9 Å². The molecule has 0 atom stereocenters. The molecule has 146 valence electrons. The van der Waals surface area contributed by atoms with Crippen molar-refractivity contribution in [1.82, 2.24) is 25.1 Å². The molecule has 3 heterocycles. The Hall–Kier alpha value is -1.83. The lowest BCUT2D eigenvalue weighted by atomic mass is 9.96. The molecule has 1 aromatic carbocycles. The van der Waals surface area contributed by atoms with Crippen LogP contribution in [0.4, 0.5) is 0 Å². The standard InChI is InChI=1S/C20H29N5O2/c1-3-7-17(8-4-1)19-21-23-25(22-19)12-6-2-5-11-24-13-9-18(10-14-24)20-26-15-16-27-20/h1,3-4,7-8,18,20H,2,5-6,9-16H2. The molecule has 0 bridgehead atoms. The topological polar surface area (TPSA) is 65.3 Å². The summed E-state index contributed by atoms with van der Waals surface area (Å²) in [6.07, 6.45) is 5.94. The smallest absolute Gasteiger partial charge is 0.204 e. The molecule has 4 rings (SSSR count). The summed E-state index contributed by atoms with van der Waals surface area (Å²) in [5, 5.41) is 12.8. The van der Waals surface area contributed by atoms with Gasteiger partial charge < -0.3 is 14.4 Å². The van der Waals surface area contributed by atoms with Crippen LogP contribution in [0, 0.1) is 5.92 Å². The summed E-state index contributed by atoms with van der Waals surface area (Å²) in [6, 6.07) is 10.00. The highest BCUT2D eigenvalue weighted by Gasteiger charge is 2.30. The van der Waals surface area contributed by atoms with Crippen LogP contribution in [0.25, 0.3) is 11.4 Å². The molecule has 0 N–H and O–H groups in total. The lowest BCUT2D eigenvalue weighted by Crippen LogP contribution is -2.38. The number of ether oxygens (including phenoxy) is 2. The number of rotatable bonds is 8. The van der Waals surface area contributed by atoms with E-state index < -0.39 is 0 Å². The average Bonchev–Trinajstić information content (AvgIpc) is 3.41. The number of likely N-dealkylation sites (tertiary alicyclic amines) is 1. The molecule has 0 amide bonds. The van der Waals surface area contributed by atoms with E-state index in [-0.39, 0.29) is 6.29 Å². The zero-order valence-corrected chi connectivity index (χ0v) is 15.9. The Balaban J connectivity index is 1.10. The van der Waals surface area contributed by atoms with Crippen LogP contribution in [0.2, 0.25) is 0 Å². The highest BCUT2D eigenvalue weighted by molar-refractivity contribution is 5.52. The minimum Gasteiger partial charge on any atom is -0.350 e. The predicted molar refractivity (Wildman–Crippen MR) is 102 cm³/mol. The molecule has 2 aliphatic rings. The Morgan fingerprint density at radius 3 is 2.44 bits per heavy atom. The highest BCUT2D eigenvalue weighted by atomic mass is 16.7. The van der Waals surface area contributed by atoms with Crippen LogP contribution in [0.3, 0.4) is 0 Å². The van der Waals surface area contributed by atoms with E-state index in [1.807, 2.05) is 30.3 Å². The maximum absolute atomic E-state index is 5.65. The number of unbranched alkanes of at least 4 members (excludes halogenated alkanes) is 2. The monoisotopic (exact) mass is 371 g/mol. The summed E-state index contributed by atoms with van der Waals surface area (Å²) < 4.78 is 11.3. The quantitative estimate of drug-likeness (QED) is 0.665. The van der Waals surface area contributed by atoms with Crippen molar-refractivity contribution in [1.29, 1.82) is 0 Å². The normalized spacial score (nSPS) is 19.7. The van der Waals surface area contributed by atoms with Crippen molar-refractivity contribution in [3.63, 3.8) is 0 Å². The van der Waals surface area contributed by atoms with Gasteiger partial charge >= 0.3 is 0 Å². The second-order valence-electron chi connectivity index (χ2n) is 7.42. The van der Waals surface area contributed by atoms with Crippen LogP contribution in [0.1, 0.15) is 32.1 Å². The van der Waals surface area contributed by atoms with E-state index in [1.54, 1.807) is 4.80 Å². The zero-order valence-electron chi connectivity index (χ0n) is 15.9. The molecule has 27 heavy (non-hydrogen) atoms. The number of aryl methyl sites for hydroxylation is 1. The molecule has 0 unspecified atom stereocenters. The van der Waals surface area contributed by atoms with E-state index in [9.17, 15) is 0 Å². The SMILES string of the molecule is c1ccc(-c2nnn(CCCCCN3CCC(C4OCCO4)CC3)n2)cc1. The van der Waals surface area contributed by atoms with E-state index in [2.05, 4.69) is 20.3 Å². The van der Waals surface area contributed by atoms with E-state index in [4.69, 9.17) is 9.47 Å². The van der Waals surface area contributed by atoms with Crippen molar-refractivity contribution in [2.75, 3.05) is 32.8 Å². The van der Waals surface area contributed by atoms with E-state index in [0.29, 0.717) is 11.7 Å². The molecule has 2 aliphatic heterocycles. The number of benzene rings is 1. The first kappa shape index (κ1) is 18.5. The van der Waals surface area contributed by atoms with Gasteiger partial charge in [-0.15, -0.1) is 10.2 Å². The average molecular weight is 371 g/mol. The Bertz CT molecular complexity index is 679. The summed E-state index contributed by atoms with van der Waals surface area (Å²) in [7, 11) is 0. The first-order chi connectivity index (χ1) is 13.4. The van der Waals surface area contributed by atoms with Crippen LogP contribution in [0.15, 0.2) is 30.3 Å². The third-order valence-corrected chi connectivity index (χ3v) is 5.48. The summed E-state index contributed by atoms with van der Waals surface area (Å²) in [4.78, 5) is 4.29. The molecule has 7 nitrogen and oxygen atoms in total. The van der Waals surface area contributed by atoms with Crippen LogP contribution < -0.4 is 0 Å². The van der Waals surface area contributed by atoms with Gasteiger partial charge in [-0.1, -0.05) is 36.8 Å². The maximum Gasteiger partial charge on any atom is 0.204 e. The van der Waals surface area contributed by atoms with Gasteiger partial charge in [-0.2, -0.15) is 4.80 Å². The fourth-order valence-corrected chi connectivity index (χ4v) is 3.90. The molecule has 0 aliphatic carbocycles. The fourth-order valence-electron chi connectivity index (χ4n) is 3.90. The van der Waals surface area contributed by atoms with Crippen LogP contribution >= 0.6 is 0 Å². The van der Waals surface area contributed by atoms with Crippen molar-refractivity contribution in [2.24, 2.45) is 5.92 Å². The molecule has 2 fully saturated rings. The first-order valence-corrected chi connectivity index (χ1v) is 10.2. The number of hydrogen-bond acceptors (Lipinski definition) is 6. The zero-order chi connectivity index (χ0) is 18.3. The Kier molecular flexibility index (Phi) is 6.45. The lowest BCUT2D eigenvalue weighted by Gasteiger charge is -2.33. The lowest BCUT2D eigenvalue weighted by molar-refractivity contribution is -0.0973. The van der Waals surface area contributed by atoms with Gasteiger partial charge in [-0.3, -0.25) is 0 Å². The first-order valence-electron chi connectivity index (χ1n) is 10.2. The van der Waals surface area contributed by atoms with Gasteiger partial charge in [0, 0.05) is 11.5 Å². The largest absolute Gasteiger partial charge is 0.350 e. The van der Waals surface area contributed by atoms with Crippen molar-refractivity contribution in [3.05, 3.63) is 30.3 Å². The van der Waals surface area contributed by atoms with E-state index in [1.165, 1.54) is 45.3 Å². The van der Waals surface area contributed by atoms with Crippen molar-refractivity contribution in [3.8, 4) is 11.4 Å². The molecule has 0 spiro atoms.